The Morgan fingerprint density at radius 1 is 1.17 bits per heavy atom. The van der Waals surface area contributed by atoms with Gasteiger partial charge in [0.25, 0.3) is 5.91 Å². The van der Waals surface area contributed by atoms with Gasteiger partial charge >= 0.3 is 0 Å². The number of carbonyl (C=O) groups is 2. The largest absolute Gasteiger partial charge is 0.355 e. The lowest BCUT2D eigenvalue weighted by Gasteiger charge is -2.32. The minimum Gasteiger partial charge on any atom is -0.355 e. The average molecular weight is 486 g/mol. The van der Waals surface area contributed by atoms with Gasteiger partial charge in [-0.15, -0.1) is 0 Å². The van der Waals surface area contributed by atoms with Crippen molar-refractivity contribution in [2.75, 3.05) is 26.7 Å². The summed E-state index contributed by atoms with van der Waals surface area (Å²) >= 11 is 0. The molecule has 0 aromatic heterocycles. The first-order valence-electron chi connectivity index (χ1n) is 12.5. The normalized spacial score (nSPS) is 13.9. The van der Waals surface area contributed by atoms with Crippen molar-refractivity contribution in [3.63, 3.8) is 0 Å². The molecule has 0 heterocycles. The van der Waals surface area contributed by atoms with Crippen molar-refractivity contribution in [2.45, 2.75) is 60.4 Å². The number of nitrogens with zero attached hydrogens (tertiary/aromatic N) is 1. The molecule has 0 spiro atoms. The van der Waals surface area contributed by atoms with Crippen LogP contribution < -0.4 is 10.6 Å². The van der Waals surface area contributed by atoms with Crippen molar-refractivity contribution in [1.29, 1.82) is 0 Å². The number of allylic oxidation sites excluding steroid dienone is 5. The number of benzene rings is 1. The van der Waals surface area contributed by atoms with Gasteiger partial charge in [-0.1, -0.05) is 77.1 Å². The predicted molar refractivity (Wildman–Crippen MR) is 144 cm³/mol. The second kappa shape index (κ2) is 14.6. The van der Waals surface area contributed by atoms with E-state index in [-0.39, 0.29) is 28.8 Å². The number of hydrogen-bond donors (Lipinski definition) is 2. The first kappa shape index (κ1) is 30.3. The summed E-state index contributed by atoms with van der Waals surface area (Å²) in [5.41, 5.74) is 1.63. The third kappa shape index (κ3) is 9.81. The molecule has 0 radical (unpaired) electrons. The van der Waals surface area contributed by atoms with Crippen molar-refractivity contribution in [2.24, 2.45) is 11.3 Å². The Bertz CT molecular complexity index is 911. The van der Waals surface area contributed by atoms with Gasteiger partial charge in [0, 0.05) is 26.1 Å². The Hall–Kier alpha value is -2.73. The van der Waals surface area contributed by atoms with E-state index in [1.54, 1.807) is 6.07 Å². The van der Waals surface area contributed by atoms with Gasteiger partial charge in [-0.3, -0.25) is 14.5 Å². The molecular formula is C29H44FN3O2. The topological polar surface area (TPSA) is 61.4 Å². The van der Waals surface area contributed by atoms with Gasteiger partial charge in [0.05, 0.1) is 5.56 Å². The first-order valence-corrected chi connectivity index (χ1v) is 12.5. The maximum Gasteiger partial charge on any atom is 0.253 e. The Morgan fingerprint density at radius 3 is 2.34 bits per heavy atom. The first-order chi connectivity index (χ1) is 16.5. The van der Waals surface area contributed by atoms with E-state index in [1.807, 2.05) is 31.2 Å². The average Bonchev–Trinajstić information content (AvgIpc) is 2.80. The number of amides is 2. The van der Waals surface area contributed by atoms with Crippen LogP contribution in [0.5, 0.6) is 0 Å². The highest BCUT2D eigenvalue weighted by Crippen LogP contribution is 2.34. The summed E-state index contributed by atoms with van der Waals surface area (Å²) in [5.74, 6) is -1.01. The van der Waals surface area contributed by atoms with Gasteiger partial charge in [-0.25, -0.2) is 4.39 Å². The second-order valence-corrected chi connectivity index (χ2v) is 9.86. The molecule has 0 fully saturated rings. The molecular weight excluding hydrogens is 441 g/mol. The lowest BCUT2D eigenvalue weighted by atomic mass is 9.74. The third-order valence-corrected chi connectivity index (χ3v) is 6.34. The van der Waals surface area contributed by atoms with Crippen LogP contribution in [0.3, 0.4) is 0 Å². The van der Waals surface area contributed by atoms with Gasteiger partial charge < -0.3 is 10.6 Å². The number of halogens is 1. The Kier molecular flexibility index (Phi) is 12.7. The van der Waals surface area contributed by atoms with Gasteiger partial charge in [0.2, 0.25) is 5.91 Å². The molecule has 0 aliphatic rings. The van der Waals surface area contributed by atoms with E-state index in [1.165, 1.54) is 19.2 Å². The van der Waals surface area contributed by atoms with E-state index in [0.29, 0.717) is 19.4 Å². The van der Waals surface area contributed by atoms with Crippen LogP contribution >= 0.6 is 0 Å². The van der Waals surface area contributed by atoms with Gasteiger partial charge in [-0.05, 0) is 55.5 Å². The number of likely N-dealkylation sites (N-methyl/N-ethyl adjacent to an activating group) is 1. The summed E-state index contributed by atoms with van der Waals surface area (Å²) in [6, 6.07) is 4.72. The zero-order chi connectivity index (χ0) is 26.6. The summed E-state index contributed by atoms with van der Waals surface area (Å²) in [6.07, 6.45) is 8.73. The number of hydrogen-bond acceptors (Lipinski definition) is 3. The van der Waals surface area contributed by atoms with Crippen molar-refractivity contribution in [3.8, 4) is 0 Å². The molecule has 0 saturated heterocycles. The highest BCUT2D eigenvalue weighted by Gasteiger charge is 2.29. The molecule has 0 aliphatic carbocycles. The minimum absolute atomic E-state index is 0.00209. The fourth-order valence-electron chi connectivity index (χ4n) is 4.24. The quantitative estimate of drug-likeness (QED) is 0.373. The number of nitrogens with one attached hydrogen (secondary N) is 2. The van der Waals surface area contributed by atoms with Gasteiger partial charge in [0.15, 0.2) is 0 Å². The summed E-state index contributed by atoms with van der Waals surface area (Å²) in [6.45, 7) is 18.8. The Balaban J connectivity index is 2.96. The molecule has 5 nitrogen and oxygen atoms in total. The smallest absolute Gasteiger partial charge is 0.253 e. The molecule has 1 aromatic carbocycles. The van der Waals surface area contributed by atoms with E-state index in [9.17, 15) is 14.0 Å². The molecule has 6 heteroatoms. The molecule has 1 rings (SSSR count). The summed E-state index contributed by atoms with van der Waals surface area (Å²) in [5, 5.41) is 5.56. The second-order valence-electron chi connectivity index (χ2n) is 9.86. The fraction of sp³-hybridized carbons (Fsp3) is 0.517. The molecule has 1 aromatic rings. The van der Waals surface area contributed by atoms with Crippen LogP contribution in [-0.4, -0.2) is 49.4 Å². The van der Waals surface area contributed by atoms with E-state index < -0.39 is 11.7 Å². The van der Waals surface area contributed by atoms with E-state index in [0.717, 1.165) is 24.2 Å². The molecule has 2 amide bonds. The standard InChI is InChI=1S/C29H44FN3O2/c1-9-12-13-14-21(4)25(29(5,6)7)19-27(34)32-20-23(33(10-2)11-3)17-22-15-16-24(26(30)18-22)28(35)31-8/h9,12-16,18,23,25H,4,10-11,17,19-20H2,1-3,5-8H3,(H,31,35)(H,32,34)/b12-9-,14-13-/t23-,25-/m0/s1. The SMILES string of the molecule is C=C(/C=C\C=C/C)[C@H](CC(=O)NC[C@H](Cc1ccc(C(=O)NC)c(F)c1)N(CC)CC)C(C)(C)C. The molecule has 2 atom stereocenters. The van der Waals surface area contributed by atoms with E-state index in [2.05, 4.69) is 56.7 Å². The zero-order valence-corrected chi connectivity index (χ0v) is 22.6. The minimum atomic E-state index is -0.540. The molecule has 0 saturated carbocycles. The van der Waals surface area contributed by atoms with Crippen molar-refractivity contribution in [3.05, 3.63) is 71.6 Å². The molecule has 0 aliphatic heterocycles. The van der Waals surface area contributed by atoms with Crippen molar-refractivity contribution < 1.29 is 14.0 Å². The van der Waals surface area contributed by atoms with Crippen molar-refractivity contribution in [1.82, 2.24) is 15.5 Å². The third-order valence-electron chi connectivity index (χ3n) is 6.34. The maximum absolute atomic E-state index is 14.5. The Labute approximate surface area is 211 Å². The fourth-order valence-corrected chi connectivity index (χ4v) is 4.24. The highest BCUT2D eigenvalue weighted by molar-refractivity contribution is 5.94. The highest BCUT2D eigenvalue weighted by atomic mass is 19.1. The summed E-state index contributed by atoms with van der Waals surface area (Å²) in [4.78, 5) is 27.0. The van der Waals surface area contributed by atoms with Crippen LogP contribution in [0.15, 0.2) is 54.7 Å². The van der Waals surface area contributed by atoms with Crippen LogP contribution in [0, 0.1) is 17.2 Å². The van der Waals surface area contributed by atoms with Crippen LogP contribution in [0.1, 0.15) is 63.9 Å². The Morgan fingerprint density at radius 2 is 1.83 bits per heavy atom. The van der Waals surface area contributed by atoms with Crippen LogP contribution in [-0.2, 0) is 11.2 Å². The van der Waals surface area contributed by atoms with Crippen LogP contribution in [0.4, 0.5) is 4.39 Å². The van der Waals surface area contributed by atoms with Gasteiger partial charge in [0.1, 0.15) is 5.82 Å². The molecule has 35 heavy (non-hydrogen) atoms. The van der Waals surface area contributed by atoms with E-state index in [4.69, 9.17) is 0 Å². The monoisotopic (exact) mass is 485 g/mol. The maximum atomic E-state index is 14.5. The lowest BCUT2D eigenvalue weighted by molar-refractivity contribution is -0.122. The van der Waals surface area contributed by atoms with E-state index >= 15 is 0 Å². The predicted octanol–water partition coefficient (Wildman–Crippen LogP) is 5.30. The zero-order valence-electron chi connectivity index (χ0n) is 22.6. The van der Waals surface area contributed by atoms with Crippen LogP contribution in [0.2, 0.25) is 0 Å². The van der Waals surface area contributed by atoms with Crippen molar-refractivity contribution >= 4 is 11.8 Å². The molecule has 0 bridgehead atoms. The number of rotatable bonds is 13. The van der Waals surface area contributed by atoms with Crippen LogP contribution in [0.25, 0.3) is 0 Å². The molecule has 0 unspecified atom stereocenters. The number of carbonyl (C=O) groups excluding carboxylic acids is 2. The summed E-state index contributed by atoms with van der Waals surface area (Å²) < 4.78 is 14.5. The van der Waals surface area contributed by atoms with Gasteiger partial charge in [-0.2, -0.15) is 0 Å². The molecule has 2 N–H and O–H groups in total. The summed E-state index contributed by atoms with van der Waals surface area (Å²) in [7, 11) is 1.48. The molecule has 194 valence electrons. The lowest BCUT2D eigenvalue weighted by Crippen LogP contribution is -2.45.